The topological polar surface area (TPSA) is 88.1 Å². The Labute approximate surface area is 152 Å². The highest BCUT2D eigenvalue weighted by molar-refractivity contribution is 7.91. The zero-order valence-corrected chi connectivity index (χ0v) is 15.7. The average molecular weight is 382 g/mol. The molecule has 0 spiro atoms. The summed E-state index contributed by atoms with van der Waals surface area (Å²) < 4.78 is 23.5. The van der Waals surface area contributed by atoms with Crippen LogP contribution in [-0.2, 0) is 9.84 Å². The molecule has 1 N–H and O–H groups in total. The average Bonchev–Trinajstić information content (AvgIpc) is 2.92. The molecule has 0 saturated carbocycles. The predicted molar refractivity (Wildman–Crippen MR) is 99.4 cm³/mol. The van der Waals surface area contributed by atoms with Gasteiger partial charge in [0.15, 0.2) is 15.7 Å². The molecule has 7 nitrogen and oxygen atoms in total. The van der Waals surface area contributed by atoms with Crippen LogP contribution in [0.2, 0.25) is 5.02 Å². The van der Waals surface area contributed by atoms with Gasteiger partial charge in [-0.25, -0.2) is 8.42 Å². The van der Waals surface area contributed by atoms with Gasteiger partial charge in [-0.3, -0.25) is 0 Å². The van der Waals surface area contributed by atoms with Crippen molar-refractivity contribution in [3.8, 4) is 0 Å². The van der Waals surface area contributed by atoms with Crippen LogP contribution in [0.3, 0.4) is 0 Å². The highest BCUT2D eigenvalue weighted by Gasteiger charge is 2.32. The zero-order valence-electron chi connectivity index (χ0n) is 14.1. The largest absolute Gasteiger partial charge is 0.351 e. The fraction of sp³-hybridized carbons (Fsp3) is 0.438. The second-order valence-corrected chi connectivity index (χ2v) is 8.73. The normalized spacial score (nSPS) is 18.9. The van der Waals surface area contributed by atoms with E-state index in [1.807, 2.05) is 30.9 Å². The number of nitrogens with one attached hydrogen (secondary N) is 1. The first-order valence-electron chi connectivity index (χ1n) is 8.08. The molecule has 0 amide bonds. The van der Waals surface area contributed by atoms with Crippen molar-refractivity contribution >= 4 is 38.9 Å². The van der Waals surface area contributed by atoms with Gasteiger partial charge in [-0.15, -0.1) is 5.10 Å². The number of nitrogens with zero attached hydrogens (tertiary/aromatic N) is 4. The first-order valence-corrected chi connectivity index (χ1v) is 10.3. The maximum absolute atomic E-state index is 11.8. The van der Waals surface area contributed by atoms with Crippen molar-refractivity contribution in [1.82, 2.24) is 15.2 Å². The van der Waals surface area contributed by atoms with Crippen molar-refractivity contribution in [3.63, 3.8) is 0 Å². The first-order chi connectivity index (χ1) is 11.9. The van der Waals surface area contributed by atoms with Crippen molar-refractivity contribution < 1.29 is 8.42 Å². The lowest BCUT2D eigenvalue weighted by Gasteiger charge is -2.27. The number of aryl methyl sites for hydroxylation is 1. The lowest BCUT2D eigenvalue weighted by molar-refractivity contribution is 0.599. The monoisotopic (exact) mass is 381 g/mol. The molecule has 1 aromatic carbocycles. The summed E-state index contributed by atoms with van der Waals surface area (Å²) in [6, 6.07) is 5.45. The number of sulfone groups is 1. The Bertz CT molecular complexity index is 875. The molecule has 2 heterocycles. The van der Waals surface area contributed by atoms with Crippen molar-refractivity contribution in [1.29, 1.82) is 0 Å². The molecule has 1 aliphatic rings. The van der Waals surface area contributed by atoms with Crippen LogP contribution in [0.1, 0.15) is 18.9 Å². The molecule has 25 heavy (non-hydrogen) atoms. The molecule has 134 valence electrons. The molecular weight excluding hydrogens is 362 g/mol. The number of anilines is 3. The van der Waals surface area contributed by atoms with Gasteiger partial charge >= 0.3 is 0 Å². The van der Waals surface area contributed by atoms with Gasteiger partial charge in [-0.05, 0) is 38.0 Å². The second-order valence-electron chi connectivity index (χ2n) is 6.07. The number of rotatable bonds is 5. The number of hydrogen-bond acceptors (Lipinski definition) is 7. The third-order valence-corrected chi connectivity index (χ3v) is 6.26. The lowest BCUT2D eigenvalue weighted by atomic mass is 10.2. The van der Waals surface area contributed by atoms with E-state index in [1.54, 1.807) is 12.3 Å². The molecule has 1 atom stereocenters. The minimum atomic E-state index is -2.96. The number of aromatic nitrogens is 3. The van der Waals surface area contributed by atoms with Gasteiger partial charge in [0.25, 0.3) is 0 Å². The van der Waals surface area contributed by atoms with Crippen molar-refractivity contribution in [3.05, 3.63) is 35.0 Å². The van der Waals surface area contributed by atoms with Gasteiger partial charge in [0.2, 0.25) is 5.95 Å². The summed E-state index contributed by atoms with van der Waals surface area (Å²) in [5, 5.41) is 11.8. The van der Waals surface area contributed by atoms with Gasteiger partial charge in [0.05, 0.1) is 17.7 Å². The van der Waals surface area contributed by atoms with E-state index in [1.165, 1.54) is 0 Å². The molecular formula is C16H20ClN5O2S. The maximum Gasteiger partial charge on any atom is 0.249 e. The molecule has 9 heteroatoms. The van der Waals surface area contributed by atoms with Crippen LogP contribution in [-0.4, -0.2) is 47.7 Å². The summed E-state index contributed by atoms with van der Waals surface area (Å²) in [7, 11) is -2.96. The van der Waals surface area contributed by atoms with E-state index >= 15 is 0 Å². The van der Waals surface area contributed by atoms with Gasteiger partial charge in [0.1, 0.15) is 0 Å². The van der Waals surface area contributed by atoms with E-state index in [4.69, 9.17) is 11.6 Å². The van der Waals surface area contributed by atoms with E-state index in [9.17, 15) is 8.42 Å². The molecule has 2 aromatic rings. The molecule has 1 fully saturated rings. The molecule has 3 rings (SSSR count). The minimum Gasteiger partial charge on any atom is -0.351 e. The number of halogens is 1. The van der Waals surface area contributed by atoms with Crippen LogP contribution in [0.5, 0.6) is 0 Å². The highest BCUT2D eigenvalue weighted by atomic mass is 35.5. The van der Waals surface area contributed by atoms with E-state index in [2.05, 4.69) is 20.5 Å². The Hall–Kier alpha value is -1.93. The zero-order chi connectivity index (χ0) is 18.0. The highest BCUT2D eigenvalue weighted by Crippen LogP contribution is 2.25. The molecule has 0 aliphatic carbocycles. The SMILES string of the molecule is CCN(c1cnnc(Nc2cc(Cl)ccc2C)n1)C1CCS(=O)(=O)C1. The first kappa shape index (κ1) is 17.9. The molecule has 0 bridgehead atoms. The molecule has 1 saturated heterocycles. The minimum absolute atomic E-state index is 0.0764. The maximum atomic E-state index is 11.8. The van der Waals surface area contributed by atoms with Crippen LogP contribution in [0, 0.1) is 6.92 Å². The molecule has 1 unspecified atom stereocenters. The predicted octanol–water partition coefficient (Wildman–Crippen LogP) is 2.59. The third kappa shape index (κ3) is 4.19. The van der Waals surface area contributed by atoms with E-state index < -0.39 is 9.84 Å². The number of benzene rings is 1. The van der Waals surface area contributed by atoms with Gasteiger partial charge in [0, 0.05) is 23.3 Å². The summed E-state index contributed by atoms with van der Waals surface area (Å²) in [6.07, 6.45) is 2.17. The Kier molecular flexibility index (Phi) is 5.10. The second kappa shape index (κ2) is 7.13. The standard InChI is InChI=1S/C16H20ClN5O2S/c1-3-22(13-6-7-25(23,24)10-13)15-9-18-21-16(20-15)19-14-8-12(17)5-4-11(14)2/h4-5,8-9,13H,3,6-7,10H2,1-2H3,(H,19,20,21). The van der Waals surface area contributed by atoms with Gasteiger partial charge < -0.3 is 10.2 Å². The smallest absolute Gasteiger partial charge is 0.249 e. The Morgan fingerprint density at radius 1 is 1.40 bits per heavy atom. The third-order valence-electron chi connectivity index (χ3n) is 4.28. The molecule has 0 radical (unpaired) electrons. The van der Waals surface area contributed by atoms with Crippen LogP contribution in [0.15, 0.2) is 24.4 Å². The fourth-order valence-electron chi connectivity index (χ4n) is 2.96. The number of hydrogen-bond donors (Lipinski definition) is 1. The summed E-state index contributed by atoms with van der Waals surface area (Å²) in [5.74, 6) is 1.34. The molecule has 1 aromatic heterocycles. The van der Waals surface area contributed by atoms with Gasteiger partial charge in [-0.1, -0.05) is 17.7 Å². The Morgan fingerprint density at radius 2 is 2.20 bits per heavy atom. The van der Waals surface area contributed by atoms with Crippen LogP contribution >= 0.6 is 11.6 Å². The summed E-state index contributed by atoms with van der Waals surface area (Å²) in [4.78, 5) is 6.47. The molecule has 1 aliphatic heterocycles. The Balaban J connectivity index is 1.84. The van der Waals surface area contributed by atoms with Crippen LogP contribution in [0.4, 0.5) is 17.5 Å². The summed E-state index contributed by atoms with van der Waals surface area (Å²) in [6.45, 7) is 4.58. The van der Waals surface area contributed by atoms with E-state index in [0.717, 1.165) is 11.3 Å². The summed E-state index contributed by atoms with van der Waals surface area (Å²) in [5.41, 5.74) is 1.81. The van der Waals surface area contributed by atoms with Crippen LogP contribution in [0.25, 0.3) is 0 Å². The van der Waals surface area contributed by atoms with Crippen molar-refractivity contribution in [2.75, 3.05) is 28.3 Å². The fourth-order valence-corrected chi connectivity index (χ4v) is 4.87. The van der Waals surface area contributed by atoms with E-state index in [-0.39, 0.29) is 17.5 Å². The quantitative estimate of drug-likeness (QED) is 0.851. The summed E-state index contributed by atoms with van der Waals surface area (Å²) >= 11 is 6.04. The van der Waals surface area contributed by atoms with E-state index in [0.29, 0.717) is 29.8 Å². The van der Waals surface area contributed by atoms with Gasteiger partial charge in [-0.2, -0.15) is 10.1 Å². The van der Waals surface area contributed by atoms with Crippen molar-refractivity contribution in [2.45, 2.75) is 26.3 Å². The van der Waals surface area contributed by atoms with Crippen LogP contribution < -0.4 is 10.2 Å². The lowest BCUT2D eigenvalue weighted by Crippen LogP contribution is -2.37. The van der Waals surface area contributed by atoms with Crippen molar-refractivity contribution in [2.24, 2.45) is 0 Å². The Morgan fingerprint density at radius 3 is 2.88 bits per heavy atom.